The van der Waals surface area contributed by atoms with E-state index < -0.39 is 0 Å². The summed E-state index contributed by atoms with van der Waals surface area (Å²) in [6.45, 7) is 3.00. The van der Waals surface area contributed by atoms with Crippen LogP contribution in [0.4, 0.5) is 5.82 Å². The zero-order chi connectivity index (χ0) is 9.97. The first-order valence-corrected chi connectivity index (χ1v) is 4.76. The number of aryl methyl sites for hydroxylation is 1. The number of ether oxygens (including phenoxy) is 1. The predicted octanol–water partition coefficient (Wildman–Crippen LogP) is 0.630. The van der Waals surface area contributed by atoms with Crippen molar-refractivity contribution < 1.29 is 9.53 Å². The van der Waals surface area contributed by atoms with Crippen molar-refractivity contribution in [3.05, 3.63) is 12.3 Å². The number of esters is 1. The highest BCUT2D eigenvalue weighted by atomic mass is 16.5. The molecular formula is C9H13N3O2. The van der Waals surface area contributed by atoms with E-state index >= 15 is 0 Å². The summed E-state index contributed by atoms with van der Waals surface area (Å²) in [6, 6.07) is 1.63. The number of carbonyl (C=O) groups excluding carboxylic acids is 1. The minimum absolute atomic E-state index is 0.181. The number of carbonyl (C=O) groups is 1. The lowest BCUT2D eigenvalue weighted by Gasteiger charge is -2.23. The van der Waals surface area contributed by atoms with E-state index in [4.69, 9.17) is 4.74 Å². The van der Waals surface area contributed by atoms with Crippen molar-refractivity contribution in [2.24, 2.45) is 0 Å². The average Bonchev–Trinajstić information content (AvgIpc) is 2.64. The van der Waals surface area contributed by atoms with Gasteiger partial charge in [0, 0.05) is 12.6 Å². The molecule has 0 aliphatic carbocycles. The molecule has 0 spiro atoms. The fourth-order valence-electron chi connectivity index (χ4n) is 1.56. The van der Waals surface area contributed by atoms with E-state index in [2.05, 4.69) is 10.4 Å². The number of anilines is 1. The Morgan fingerprint density at radius 1 is 1.86 bits per heavy atom. The summed E-state index contributed by atoms with van der Waals surface area (Å²) in [6.07, 6.45) is 2.45. The van der Waals surface area contributed by atoms with Crippen LogP contribution in [0.2, 0.25) is 0 Å². The summed E-state index contributed by atoms with van der Waals surface area (Å²) >= 11 is 0. The lowest BCUT2D eigenvalue weighted by Crippen LogP contribution is -2.36. The molecule has 1 aliphatic rings. The number of hydrogen-bond acceptors (Lipinski definition) is 4. The maximum absolute atomic E-state index is 11.4. The summed E-state index contributed by atoms with van der Waals surface area (Å²) in [4.78, 5) is 11.4. The monoisotopic (exact) mass is 195 g/mol. The minimum atomic E-state index is -0.223. The maximum Gasteiger partial charge on any atom is 0.328 e. The quantitative estimate of drug-likeness (QED) is 0.703. The minimum Gasteiger partial charge on any atom is -0.464 e. The number of nitrogens with zero attached hydrogens (tertiary/aromatic N) is 2. The summed E-state index contributed by atoms with van der Waals surface area (Å²) in [7, 11) is 0. The van der Waals surface area contributed by atoms with Crippen molar-refractivity contribution in [2.45, 2.75) is 25.9 Å². The lowest BCUT2D eigenvalue weighted by molar-refractivity contribution is -0.144. The van der Waals surface area contributed by atoms with E-state index in [1.807, 2.05) is 17.7 Å². The third-order valence-electron chi connectivity index (χ3n) is 2.24. The smallest absolute Gasteiger partial charge is 0.328 e. The molecule has 14 heavy (non-hydrogen) atoms. The summed E-state index contributed by atoms with van der Waals surface area (Å²) in [5, 5.41) is 7.19. The first-order chi connectivity index (χ1) is 6.81. The molecule has 1 aromatic heterocycles. The van der Waals surface area contributed by atoms with Crippen LogP contribution in [0.25, 0.3) is 0 Å². The molecule has 1 aliphatic heterocycles. The second-order valence-electron chi connectivity index (χ2n) is 3.18. The lowest BCUT2D eigenvalue weighted by atomic mass is 10.2. The van der Waals surface area contributed by atoms with E-state index in [0.29, 0.717) is 6.61 Å². The molecule has 1 N–H and O–H groups in total. The molecule has 0 amide bonds. The molecule has 5 nitrogen and oxygen atoms in total. The normalized spacial score (nSPS) is 19.6. The number of rotatable bonds is 2. The average molecular weight is 195 g/mol. The first-order valence-electron chi connectivity index (χ1n) is 4.76. The van der Waals surface area contributed by atoms with Crippen LogP contribution in [0.5, 0.6) is 0 Å². The topological polar surface area (TPSA) is 56.2 Å². The van der Waals surface area contributed by atoms with E-state index in [9.17, 15) is 4.79 Å². The van der Waals surface area contributed by atoms with E-state index in [1.54, 1.807) is 6.20 Å². The van der Waals surface area contributed by atoms with Crippen LogP contribution in [0.1, 0.15) is 13.3 Å². The molecule has 0 aromatic carbocycles. The van der Waals surface area contributed by atoms with Crippen LogP contribution in [0.15, 0.2) is 12.3 Å². The zero-order valence-electron chi connectivity index (χ0n) is 8.06. The predicted molar refractivity (Wildman–Crippen MR) is 50.9 cm³/mol. The van der Waals surface area contributed by atoms with Crippen LogP contribution in [-0.4, -0.2) is 28.4 Å². The van der Waals surface area contributed by atoms with Crippen molar-refractivity contribution in [3.8, 4) is 0 Å². The Bertz CT molecular complexity index is 335. The Labute approximate surface area is 82.0 Å². The first kappa shape index (κ1) is 9.05. The molecule has 0 fully saturated rings. The molecule has 0 radical (unpaired) electrons. The van der Waals surface area contributed by atoms with E-state index in [-0.39, 0.29) is 12.0 Å². The van der Waals surface area contributed by atoms with Gasteiger partial charge in [-0.05, 0) is 13.3 Å². The molecule has 2 rings (SSSR count). The van der Waals surface area contributed by atoms with Gasteiger partial charge in [0.1, 0.15) is 11.9 Å². The van der Waals surface area contributed by atoms with E-state index in [0.717, 1.165) is 18.8 Å². The van der Waals surface area contributed by atoms with Gasteiger partial charge >= 0.3 is 5.97 Å². The van der Waals surface area contributed by atoms with Gasteiger partial charge < -0.3 is 10.1 Å². The van der Waals surface area contributed by atoms with Crippen molar-refractivity contribution in [2.75, 3.05) is 11.9 Å². The van der Waals surface area contributed by atoms with Gasteiger partial charge in [0.25, 0.3) is 0 Å². The largest absolute Gasteiger partial charge is 0.464 e. The zero-order valence-corrected chi connectivity index (χ0v) is 8.06. The van der Waals surface area contributed by atoms with Gasteiger partial charge in [0.2, 0.25) is 0 Å². The van der Waals surface area contributed by atoms with Crippen molar-refractivity contribution in [1.82, 2.24) is 9.78 Å². The third-order valence-corrected chi connectivity index (χ3v) is 2.24. The van der Waals surface area contributed by atoms with Crippen molar-refractivity contribution >= 4 is 11.8 Å². The van der Waals surface area contributed by atoms with Gasteiger partial charge in [0.15, 0.2) is 0 Å². The van der Waals surface area contributed by atoms with Crippen LogP contribution < -0.4 is 5.32 Å². The molecule has 0 saturated heterocycles. The van der Waals surface area contributed by atoms with E-state index in [1.165, 1.54) is 0 Å². The molecule has 1 aromatic rings. The van der Waals surface area contributed by atoms with Crippen LogP contribution >= 0.6 is 0 Å². The highest BCUT2D eigenvalue weighted by molar-refractivity contribution is 5.79. The van der Waals surface area contributed by atoms with Gasteiger partial charge in [-0.25, -0.2) is 9.48 Å². The van der Waals surface area contributed by atoms with Gasteiger partial charge in [-0.15, -0.1) is 0 Å². The van der Waals surface area contributed by atoms with Gasteiger partial charge in [-0.2, -0.15) is 5.10 Å². The Morgan fingerprint density at radius 2 is 2.71 bits per heavy atom. The van der Waals surface area contributed by atoms with Gasteiger partial charge in [0.05, 0.1) is 12.8 Å². The highest BCUT2D eigenvalue weighted by Crippen LogP contribution is 2.17. The Balaban J connectivity index is 2.04. The molecule has 0 saturated carbocycles. The molecular weight excluding hydrogens is 182 g/mol. The fourth-order valence-corrected chi connectivity index (χ4v) is 1.56. The number of fused-ring (bicyclic) bond motifs is 1. The standard InChI is InChI=1S/C9H13N3O2/c1-2-14-9(13)7-4-6-12-8(11-7)3-5-10-12/h3,5,7,11H,2,4,6H2,1H3. The molecule has 5 heteroatoms. The molecule has 1 unspecified atom stereocenters. The van der Waals surface area contributed by atoms with Gasteiger partial charge in [-0.1, -0.05) is 0 Å². The Hall–Kier alpha value is -1.52. The Morgan fingerprint density at radius 3 is 3.50 bits per heavy atom. The number of nitrogens with one attached hydrogen (secondary N) is 1. The van der Waals surface area contributed by atoms with Crippen molar-refractivity contribution in [3.63, 3.8) is 0 Å². The molecule has 2 heterocycles. The summed E-state index contributed by atoms with van der Waals surface area (Å²) < 4.78 is 6.78. The molecule has 76 valence electrons. The van der Waals surface area contributed by atoms with Crippen LogP contribution in [0, 0.1) is 0 Å². The second kappa shape index (κ2) is 3.69. The fraction of sp³-hybridized carbons (Fsp3) is 0.556. The van der Waals surface area contributed by atoms with Gasteiger partial charge in [-0.3, -0.25) is 0 Å². The van der Waals surface area contributed by atoms with Crippen LogP contribution in [0.3, 0.4) is 0 Å². The molecule has 0 bridgehead atoms. The van der Waals surface area contributed by atoms with Crippen molar-refractivity contribution in [1.29, 1.82) is 0 Å². The second-order valence-corrected chi connectivity index (χ2v) is 3.18. The highest BCUT2D eigenvalue weighted by Gasteiger charge is 2.24. The van der Waals surface area contributed by atoms with Crippen LogP contribution in [-0.2, 0) is 16.1 Å². The summed E-state index contributed by atoms with van der Waals surface area (Å²) in [5.41, 5.74) is 0. The third kappa shape index (κ3) is 1.57. The SMILES string of the molecule is CCOC(=O)C1CCn2nccc2N1. The Kier molecular flexibility index (Phi) is 2.39. The molecule has 1 atom stereocenters. The maximum atomic E-state index is 11.4. The summed E-state index contributed by atoms with van der Waals surface area (Å²) in [5.74, 6) is 0.703. The number of aromatic nitrogens is 2. The number of hydrogen-bond donors (Lipinski definition) is 1.